The van der Waals surface area contributed by atoms with Gasteiger partial charge in [-0.2, -0.15) is 0 Å². The number of ether oxygens (including phenoxy) is 1. The first-order valence-electron chi connectivity index (χ1n) is 7.88. The molecule has 0 saturated carbocycles. The van der Waals surface area contributed by atoms with E-state index in [4.69, 9.17) is 10.5 Å². The molecule has 0 unspecified atom stereocenters. The van der Waals surface area contributed by atoms with E-state index in [0.29, 0.717) is 54.1 Å². The Morgan fingerprint density at radius 1 is 1.26 bits per heavy atom. The van der Waals surface area contributed by atoms with E-state index >= 15 is 0 Å². The summed E-state index contributed by atoms with van der Waals surface area (Å²) in [4.78, 5) is 14.3. The second-order valence-electron chi connectivity index (χ2n) is 5.88. The molecule has 4 rings (SSSR count). The topological polar surface area (TPSA) is 72.5 Å². The number of nitrogens with zero attached hydrogens (tertiary/aromatic N) is 2. The third-order valence-corrected chi connectivity index (χ3v) is 4.58. The van der Waals surface area contributed by atoms with Crippen molar-refractivity contribution < 1.29 is 9.13 Å². The molecule has 2 aliphatic heterocycles. The van der Waals surface area contributed by atoms with Crippen molar-refractivity contribution in [2.45, 2.75) is 13.1 Å². The smallest absolute Gasteiger partial charge is 0.251 e. The number of nitrogens with one attached hydrogen (secondary N) is 1. The molecule has 122 valence electrons. The van der Waals surface area contributed by atoms with E-state index in [1.54, 1.807) is 4.57 Å². The van der Waals surface area contributed by atoms with Crippen molar-refractivity contribution in [2.24, 2.45) is 5.73 Å². The first-order valence-corrected chi connectivity index (χ1v) is 7.88. The van der Waals surface area contributed by atoms with Gasteiger partial charge in [-0.25, -0.2) is 4.39 Å². The van der Waals surface area contributed by atoms with E-state index in [-0.39, 0.29) is 17.9 Å². The van der Waals surface area contributed by atoms with Crippen LogP contribution < -0.4 is 26.2 Å². The molecule has 2 aliphatic rings. The second-order valence-corrected chi connectivity index (χ2v) is 5.88. The van der Waals surface area contributed by atoms with E-state index in [2.05, 4.69) is 5.32 Å². The summed E-state index contributed by atoms with van der Waals surface area (Å²) in [6.07, 6.45) is 0. The first kappa shape index (κ1) is 14.5. The number of halogens is 1. The number of anilines is 1. The van der Waals surface area contributed by atoms with Crippen LogP contribution in [-0.4, -0.2) is 37.4 Å². The predicted molar refractivity (Wildman–Crippen MR) is 86.6 cm³/mol. The molecule has 0 atom stereocenters. The number of hydrogen-bond donors (Lipinski definition) is 2. The van der Waals surface area contributed by atoms with Gasteiger partial charge < -0.3 is 25.3 Å². The lowest BCUT2D eigenvalue weighted by Gasteiger charge is -2.33. The summed E-state index contributed by atoms with van der Waals surface area (Å²) in [6.45, 7) is 4.04. The first-order chi connectivity index (χ1) is 11.2. The Morgan fingerprint density at radius 3 is 2.78 bits per heavy atom. The highest BCUT2D eigenvalue weighted by Gasteiger charge is 2.27. The van der Waals surface area contributed by atoms with Gasteiger partial charge in [-0.15, -0.1) is 0 Å². The molecule has 23 heavy (non-hydrogen) atoms. The van der Waals surface area contributed by atoms with Crippen molar-refractivity contribution in [3.63, 3.8) is 0 Å². The van der Waals surface area contributed by atoms with Crippen molar-refractivity contribution in [1.29, 1.82) is 0 Å². The number of pyridine rings is 1. The Kier molecular flexibility index (Phi) is 3.46. The Morgan fingerprint density at radius 2 is 2.04 bits per heavy atom. The maximum absolute atomic E-state index is 14.9. The standard InChI is InChI=1S/C16H19FN4O2/c17-12-8-11-10(9-18)7-13(22)21-5-6-23-16(14(11)21)15(12)20-3-1-19-2-4-20/h7-8,19H,1-6,9,18H2. The van der Waals surface area contributed by atoms with Gasteiger partial charge in [0.1, 0.15) is 12.3 Å². The van der Waals surface area contributed by atoms with E-state index < -0.39 is 0 Å². The summed E-state index contributed by atoms with van der Waals surface area (Å²) >= 11 is 0. The molecule has 1 saturated heterocycles. The van der Waals surface area contributed by atoms with Gasteiger partial charge in [-0.3, -0.25) is 4.79 Å². The molecule has 3 N–H and O–H groups in total. The Labute approximate surface area is 132 Å². The van der Waals surface area contributed by atoms with E-state index in [1.165, 1.54) is 12.1 Å². The summed E-state index contributed by atoms with van der Waals surface area (Å²) in [7, 11) is 0. The summed E-state index contributed by atoms with van der Waals surface area (Å²) < 4.78 is 22.3. The molecule has 7 heteroatoms. The van der Waals surface area contributed by atoms with Gasteiger partial charge in [0.25, 0.3) is 5.56 Å². The fourth-order valence-electron chi connectivity index (χ4n) is 3.48. The van der Waals surface area contributed by atoms with Crippen molar-refractivity contribution in [1.82, 2.24) is 9.88 Å². The lowest BCUT2D eigenvalue weighted by atomic mass is 10.0. The van der Waals surface area contributed by atoms with Gasteiger partial charge in [0, 0.05) is 44.2 Å². The zero-order chi connectivity index (χ0) is 16.0. The van der Waals surface area contributed by atoms with E-state index in [0.717, 1.165) is 13.1 Å². The third kappa shape index (κ3) is 2.19. The predicted octanol–water partition coefficient (Wildman–Crippen LogP) is 0.401. The zero-order valence-electron chi connectivity index (χ0n) is 12.8. The maximum atomic E-state index is 14.9. The number of nitrogens with two attached hydrogens (primary N) is 1. The lowest BCUT2D eigenvalue weighted by molar-refractivity contribution is 0.283. The molecule has 0 bridgehead atoms. The van der Waals surface area contributed by atoms with Gasteiger partial charge >= 0.3 is 0 Å². The minimum absolute atomic E-state index is 0.111. The highest BCUT2D eigenvalue weighted by atomic mass is 19.1. The molecule has 0 aliphatic carbocycles. The van der Waals surface area contributed by atoms with Crippen LogP contribution in [0.3, 0.4) is 0 Å². The van der Waals surface area contributed by atoms with Crippen LogP contribution in [0.4, 0.5) is 10.1 Å². The van der Waals surface area contributed by atoms with Crippen LogP contribution >= 0.6 is 0 Å². The molecule has 1 aromatic heterocycles. The maximum Gasteiger partial charge on any atom is 0.251 e. The average Bonchev–Trinajstić information content (AvgIpc) is 2.58. The molecule has 0 amide bonds. The number of piperazine rings is 1. The molecule has 0 radical (unpaired) electrons. The van der Waals surface area contributed by atoms with E-state index in [9.17, 15) is 9.18 Å². The Hall–Kier alpha value is -2.12. The fourth-order valence-corrected chi connectivity index (χ4v) is 3.48. The largest absolute Gasteiger partial charge is 0.487 e. The molecule has 1 fully saturated rings. The Bertz CT molecular complexity index is 827. The number of benzene rings is 1. The van der Waals surface area contributed by atoms with Crippen molar-refractivity contribution in [3.8, 4) is 5.75 Å². The molecule has 1 aromatic carbocycles. The minimum Gasteiger partial charge on any atom is -0.487 e. The second kappa shape index (κ2) is 5.50. The summed E-state index contributed by atoms with van der Waals surface area (Å²) in [5.74, 6) is 0.150. The summed E-state index contributed by atoms with van der Waals surface area (Å²) in [5.41, 5.74) is 7.41. The number of rotatable bonds is 2. The summed E-state index contributed by atoms with van der Waals surface area (Å²) in [6, 6.07) is 2.99. The molecular weight excluding hydrogens is 299 g/mol. The van der Waals surface area contributed by atoms with Gasteiger partial charge in [-0.1, -0.05) is 0 Å². The van der Waals surface area contributed by atoms with Crippen LogP contribution in [-0.2, 0) is 13.1 Å². The van der Waals surface area contributed by atoms with Gasteiger partial charge in [0.2, 0.25) is 0 Å². The number of aromatic nitrogens is 1. The van der Waals surface area contributed by atoms with Crippen molar-refractivity contribution >= 4 is 16.6 Å². The highest BCUT2D eigenvalue weighted by molar-refractivity contribution is 5.94. The highest BCUT2D eigenvalue weighted by Crippen LogP contribution is 2.40. The van der Waals surface area contributed by atoms with Gasteiger partial charge in [0.05, 0.1) is 12.1 Å². The van der Waals surface area contributed by atoms with Crippen LogP contribution in [0.2, 0.25) is 0 Å². The number of hydrogen-bond acceptors (Lipinski definition) is 5. The van der Waals surface area contributed by atoms with Crippen LogP contribution in [0.15, 0.2) is 16.9 Å². The third-order valence-electron chi connectivity index (χ3n) is 4.58. The lowest BCUT2D eigenvalue weighted by Crippen LogP contribution is -2.44. The van der Waals surface area contributed by atoms with Crippen LogP contribution in [0.1, 0.15) is 5.56 Å². The summed E-state index contributed by atoms with van der Waals surface area (Å²) in [5, 5.41) is 3.92. The minimum atomic E-state index is -0.323. The SMILES string of the molecule is NCc1cc(=O)n2c3c(c(N4CCNCC4)c(F)cc13)OCC2. The van der Waals surface area contributed by atoms with Gasteiger partial charge in [0.15, 0.2) is 11.6 Å². The molecule has 6 nitrogen and oxygen atoms in total. The van der Waals surface area contributed by atoms with Crippen LogP contribution in [0.5, 0.6) is 5.75 Å². The molecule has 0 spiro atoms. The van der Waals surface area contributed by atoms with E-state index in [1.807, 2.05) is 4.90 Å². The fraction of sp³-hybridized carbons (Fsp3) is 0.438. The zero-order valence-corrected chi connectivity index (χ0v) is 12.8. The average molecular weight is 318 g/mol. The monoisotopic (exact) mass is 318 g/mol. The molecule has 3 heterocycles. The van der Waals surface area contributed by atoms with Crippen molar-refractivity contribution in [3.05, 3.63) is 33.9 Å². The molecule has 2 aromatic rings. The molecular formula is C16H19FN4O2. The quantitative estimate of drug-likeness (QED) is 0.839. The van der Waals surface area contributed by atoms with Crippen LogP contribution in [0.25, 0.3) is 10.9 Å². The van der Waals surface area contributed by atoms with Crippen LogP contribution in [0, 0.1) is 5.82 Å². The Balaban J connectivity index is 2.04. The normalized spacial score (nSPS) is 17.4. The van der Waals surface area contributed by atoms with Crippen molar-refractivity contribution in [2.75, 3.05) is 37.7 Å². The van der Waals surface area contributed by atoms with Gasteiger partial charge in [-0.05, 0) is 11.6 Å².